The molecule has 4 heteroatoms. The lowest BCUT2D eigenvalue weighted by atomic mass is 10.1. The number of nitrogens with two attached hydrogens (primary N) is 1. The van der Waals surface area contributed by atoms with E-state index in [1.165, 1.54) is 0 Å². The molecular formula is C11H10ClN3. The van der Waals surface area contributed by atoms with E-state index in [0.717, 1.165) is 16.8 Å². The van der Waals surface area contributed by atoms with E-state index in [2.05, 4.69) is 9.97 Å². The van der Waals surface area contributed by atoms with Gasteiger partial charge in [-0.25, -0.2) is 9.97 Å². The van der Waals surface area contributed by atoms with Crippen LogP contribution in [-0.4, -0.2) is 9.97 Å². The molecule has 0 bridgehead atoms. The molecule has 0 aliphatic rings. The number of aromatic nitrogens is 2. The van der Waals surface area contributed by atoms with Crippen molar-refractivity contribution in [1.29, 1.82) is 0 Å². The molecule has 0 unspecified atom stereocenters. The molecular weight excluding hydrogens is 210 g/mol. The third-order valence-corrected chi connectivity index (χ3v) is 2.37. The third-order valence-electron chi connectivity index (χ3n) is 2.13. The van der Waals surface area contributed by atoms with Crippen molar-refractivity contribution in [3.8, 4) is 11.1 Å². The number of halogens is 1. The Morgan fingerprint density at radius 2 is 2.13 bits per heavy atom. The van der Waals surface area contributed by atoms with Gasteiger partial charge >= 0.3 is 0 Å². The third kappa shape index (κ3) is 2.07. The van der Waals surface area contributed by atoms with Gasteiger partial charge in [-0.1, -0.05) is 23.7 Å². The zero-order valence-electron chi connectivity index (χ0n) is 8.24. The summed E-state index contributed by atoms with van der Waals surface area (Å²) in [6, 6.07) is 7.57. The second kappa shape index (κ2) is 3.87. The Labute approximate surface area is 92.9 Å². The van der Waals surface area contributed by atoms with Crippen molar-refractivity contribution in [3.63, 3.8) is 0 Å². The molecule has 0 atom stereocenters. The molecule has 0 amide bonds. The summed E-state index contributed by atoms with van der Waals surface area (Å²) >= 11 is 5.91. The summed E-state index contributed by atoms with van der Waals surface area (Å²) in [6.45, 7) is 1.90. The normalized spacial score (nSPS) is 10.3. The summed E-state index contributed by atoms with van der Waals surface area (Å²) in [6.07, 6.45) is 1.71. The molecule has 0 saturated carbocycles. The Balaban J connectivity index is 2.54. The van der Waals surface area contributed by atoms with Gasteiger partial charge in [0.25, 0.3) is 0 Å². The van der Waals surface area contributed by atoms with E-state index in [-0.39, 0.29) is 0 Å². The predicted octanol–water partition coefficient (Wildman–Crippen LogP) is 2.69. The molecule has 1 heterocycles. The molecule has 76 valence electrons. The maximum atomic E-state index is 5.91. The van der Waals surface area contributed by atoms with Gasteiger partial charge in [-0.2, -0.15) is 0 Å². The van der Waals surface area contributed by atoms with Gasteiger partial charge in [0.1, 0.15) is 0 Å². The topological polar surface area (TPSA) is 51.8 Å². The van der Waals surface area contributed by atoms with Crippen LogP contribution in [0.5, 0.6) is 0 Å². The molecule has 0 aliphatic carbocycles. The van der Waals surface area contributed by atoms with Crippen LogP contribution in [0.1, 0.15) is 5.69 Å². The van der Waals surface area contributed by atoms with Gasteiger partial charge in [0.15, 0.2) is 0 Å². The largest absolute Gasteiger partial charge is 0.368 e. The number of aryl methyl sites for hydroxylation is 1. The van der Waals surface area contributed by atoms with E-state index < -0.39 is 0 Å². The summed E-state index contributed by atoms with van der Waals surface area (Å²) < 4.78 is 0. The molecule has 0 fully saturated rings. The van der Waals surface area contributed by atoms with Gasteiger partial charge in [0.05, 0.1) is 5.69 Å². The van der Waals surface area contributed by atoms with E-state index >= 15 is 0 Å². The summed E-state index contributed by atoms with van der Waals surface area (Å²) in [5, 5.41) is 0.698. The lowest BCUT2D eigenvalue weighted by Crippen LogP contribution is -1.97. The fraction of sp³-hybridized carbons (Fsp3) is 0.0909. The van der Waals surface area contributed by atoms with E-state index in [1.807, 2.05) is 31.2 Å². The smallest absolute Gasteiger partial charge is 0.220 e. The van der Waals surface area contributed by atoms with Crippen LogP contribution < -0.4 is 5.73 Å². The van der Waals surface area contributed by atoms with Crippen molar-refractivity contribution in [2.45, 2.75) is 6.92 Å². The average Bonchev–Trinajstić information content (AvgIpc) is 2.17. The summed E-state index contributed by atoms with van der Waals surface area (Å²) in [7, 11) is 0. The van der Waals surface area contributed by atoms with Crippen molar-refractivity contribution in [2.24, 2.45) is 0 Å². The second-order valence-electron chi connectivity index (χ2n) is 3.24. The Hall–Kier alpha value is -1.61. The van der Waals surface area contributed by atoms with Crippen LogP contribution in [0.2, 0.25) is 5.02 Å². The van der Waals surface area contributed by atoms with Crippen LogP contribution in [0.25, 0.3) is 11.1 Å². The fourth-order valence-corrected chi connectivity index (χ4v) is 1.61. The van der Waals surface area contributed by atoms with Gasteiger partial charge in [-0.05, 0) is 24.6 Å². The Kier molecular flexibility index (Phi) is 2.56. The van der Waals surface area contributed by atoms with Crippen LogP contribution in [0.3, 0.4) is 0 Å². The highest BCUT2D eigenvalue weighted by Gasteiger charge is 2.04. The quantitative estimate of drug-likeness (QED) is 0.802. The number of nitrogen functional groups attached to an aromatic ring is 1. The molecule has 2 aromatic rings. The minimum Gasteiger partial charge on any atom is -0.368 e. The highest BCUT2D eigenvalue weighted by atomic mass is 35.5. The lowest BCUT2D eigenvalue weighted by molar-refractivity contribution is 1.12. The van der Waals surface area contributed by atoms with Gasteiger partial charge in [-0.15, -0.1) is 0 Å². The van der Waals surface area contributed by atoms with E-state index in [0.29, 0.717) is 11.0 Å². The van der Waals surface area contributed by atoms with Crippen molar-refractivity contribution < 1.29 is 0 Å². The van der Waals surface area contributed by atoms with Crippen LogP contribution in [0.15, 0.2) is 30.5 Å². The number of rotatable bonds is 1. The van der Waals surface area contributed by atoms with Gasteiger partial charge in [0, 0.05) is 16.8 Å². The zero-order chi connectivity index (χ0) is 10.8. The molecule has 1 aromatic heterocycles. The molecule has 3 nitrogen and oxygen atoms in total. The van der Waals surface area contributed by atoms with Gasteiger partial charge < -0.3 is 5.73 Å². The van der Waals surface area contributed by atoms with E-state index in [9.17, 15) is 0 Å². The maximum absolute atomic E-state index is 5.91. The molecule has 0 aliphatic heterocycles. The molecule has 15 heavy (non-hydrogen) atoms. The Bertz CT molecular complexity index is 497. The molecule has 0 spiro atoms. The van der Waals surface area contributed by atoms with E-state index in [4.69, 9.17) is 17.3 Å². The first kappa shape index (κ1) is 9.93. The van der Waals surface area contributed by atoms with Gasteiger partial charge in [-0.3, -0.25) is 0 Å². The summed E-state index contributed by atoms with van der Waals surface area (Å²) in [5.74, 6) is 0.290. The van der Waals surface area contributed by atoms with Crippen molar-refractivity contribution in [1.82, 2.24) is 9.97 Å². The van der Waals surface area contributed by atoms with Crippen molar-refractivity contribution in [2.75, 3.05) is 5.73 Å². The number of hydrogen-bond acceptors (Lipinski definition) is 3. The standard InChI is InChI=1S/C11H10ClN3/c1-7-10(6-14-11(13)15-7)8-3-2-4-9(12)5-8/h2-6H,1H3,(H2,13,14,15). The average molecular weight is 220 g/mol. The Morgan fingerprint density at radius 3 is 2.80 bits per heavy atom. The van der Waals surface area contributed by atoms with Crippen LogP contribution >= 0.6 is 11.6 Å². The van der Waals surface area contributed by atoms with E-state index in [1.54, 1.807) is 6.20 Å². The molecule has 2 N–H and O–H groups in total. The maximum Gasteiger partial charge on any atom is 0.220 e. The Morgan fingerprint density at radius 1 is 1.33 bits per heavy atom. The SMILES string of the molecule is Cc1nc(N)ncc1-c1cccc(Cl)c1. The molecule has 0 saturated heterocycles. The highest BCUT2D eigenvalue weighted by molar-refractivity contribution is 6.30. The van der Waals surface area contributed by atoms with Crippen LogP contribution in [-0.2, 0) is 0 Å². The summed E-state index contributed by atoms with van der Waals surface area (Å²) in [5.41, 5.74) is 8.29. The first-order valence-electron chi connectivity index (χ1n) is 4.52. The molecule has 2 rings (SSSR count). The molecule has 1 aromatic carbocycles. The minimum atomic E-state index is 0.290. The first-order valence-corrected chi connectivity index (χ1v) is 4.89. The minimum absolute atomic E-state index is 0.290. The first-order chi connectivity index (χ1) is 7.16. The summed E-state index contributed by atoms with van der Waals surface area (Å²) in [4.78, 5) is 8.07. The number of benzene rings is 1. The second-order valence-corrected chi connectivity index (χ2v) is 3.67. The van der Waals surface area contributed by atoms with Crippen LogP contribution in [0.4, 0.5) is 5.95 Å². The number of hydrogen-bond donors (Lipinski definition) is 1. The lowest BCUT2D eigenvalue weighted by Gasteiger charge is -2.05. The highest BCUT2D eigenvalue weighted by Crippen LogP contribution is 2.24. The number of anilines is 1. The predicted molar refractivity (Wildman–Crippen MR) is 61.6 cm³/mol. The van der Waals surface area contributed by atoms with Crippen LogP contribution in [0, 0.1) is 6.92 Å². The van der Waals surface area contributed by atoms with Crippen molar-refractivity contribution >= 4 is 17.5 Å². The molecule has 0 radical (unpaired) electrons. The monoisotopic (exact) mass is 219 g/mol. The number of nitrogens with zero attached hydrogens (tertiary/aromatic N) is 2. The van der Waals surface area contributed by atoms with Crippen molar-refractivity contribution in [3.05, 3.63) is 41.2 Å². The fourth-order valence-electron chi connectivity index (χ4n) is 1.42. The van der Waals surface area contributed by atoms with Gasteiger partial charge in [0.2, 0.25) is 5.95 Å². The zero-order valence-corrected chi connectivity index (χ0v) is 8.99.